The summed E-state index contributed by atoms with van der Waals surface area (Å²) in [7, 11) is 0. The Bertz CT molecular complexity index is 701. The van der Waals surface area contributed by atoms with E-state index < -0.39 is 11.8 Å². The van der Waals surface area contributed by atoms with Gasteiger partial charge >= 0.3 is 6.18 Å². The summed E-state index contributed by atoms with van der Waals surface area (Å²) < 4.78 is 39.3. The van der Waals surface area contributed by atoms with E-state index in [4.69, 9.17) is 0 Å². The highest BCUT2D eigenvalue weighted by Gasteiger charge is 2.60. The fourth-order valence-corrected chi connectivity index (χ4v) is 8.87. The number of hydrogen-bond donors (Lipinski definition) is 1. The molecule has 4 fully saturated rings. The molecule has 1 unspecified atom stereocenters. The van der Waals surface area contributed by atoms with E-state index in [1.807, 2.05) is 0 Å². The Morgan fingerprint density at radius 3 is 2.39 bits per heavy atom. The summed E-state index contributed by atoms with van der Waals surface area (Å²) in [6, 6.07) is 0. The standard InChI is InChI=1S/C26H41F3O2/c1-16(9-14-25(4,31)26(27,28)29)20-7-8-21-19-6-5-17-15-18(30)10-12-23(17,2)22(19)11-13-24(20,21)3/h16-17,19-22,31H,5-15H2,1-4H3/t16-,17+,19+,20-,21+,22+,23+,24-,25?/m1/s1. The highest BCUT2D eigenvalue weighted by atomic mass is 19.4. The van der Waals surface area contributed by atoms with E-state index in [-0.39, 0.29) is 17.8 Å². The lowest BCUT2D eigenvalue weighted by molar-refractivity contribution is -0.256. The summed E-state index contributed by atoms with van der Waals surface area (Å²) in [6.45, 7) is 7.90. The summed E-state index contributed by atoms with van der Waals surface area (Å²) in [4.78, 5) is 12.1. The molecule has 0 amide bonds. The van der Waals surface area contributed by atoms with Gasteiger partial charge in [0.25, 0.3) is 0 Å². The van der Waals surface area contributed by atoms with Crippen LogP contribution in [0.3, 0.4) is 0 Å². The number of hydrogen-bond acceptors (Lipinski definition) is 2. The van der Waals surface area contributed by atoms with Crippen LogP contribution in [0.5, 0.6) is 0 Å². The molecule has 0 heterocycles. The molecule has 0 bridgehead atoms. The lowest BCUT2D eigenvalue weighted by atomic mass is 9.44. The molecular weight excluding hydrogens is 401 g/mol. The lowest BCUT2D eigenvalue weighted by Gasteiger charge is -2.60. The SMILES string of the molecule is C[C@H](CCC(C)(O)C(F)(F)F)[C@H]1CC[C@H]2[C@@H]3CC[C@H]4CC(=O)CC[C@]4(C)[C@H]3CC[C@]12C. The van der Waals surface area contributed by atoms with Crippen LogP contribution in [0.1, 0.15) is 98.3 Å². The number of carbonyl (C=O) groups is 1. The number of ketones is 1. The highest BCUT2D eigenvalue weighted by molar-refractivity contribution is 5.79. The first-order valence-electron chi connectivity index (χ1n) is 12.6. The molecule has 0 aromatic carbocycles. The molecule has 1 N–H and O–H groups in total. The summed E-state index contributed by atoms with van der Waals surface area (Å²) in [6.07, 6.45) is 5.30. The molecule has 0 radical (unpaired) electrons. The molecule has 4 saturated carbocycles. The topological polar surface area (TPSA) is 37.3 Å². The number of alkyl halides is 3. The van der Waals surface area contributed by atoms with Crippen LogP contribution in [0.4, 0.5) is 13.2 Å². The molecule has 0 spiro atoms. The molecule has 31 heavy (non-hydrogen) atoms. The number of carbonyl (C=O) groups excluding carboxylic acids is 1. The number of aliphatic hydroxyl groups is 1. The summed E-state index contributed by atoms with van der Waals surface area (Å²) >= 11 is 0. The first kappa shape index (κ1) is 23.6. The van der Waals surface area contributed by atoms with E-state index in [1.165, 1.54) is 32.1 Å². The van der Waals surface area contributed by atoms with Gasteiger partial charge in [-0.2, -0.15) is 13.2 Å². The summed E-state index contributed by atoms with van der Waals surface area (Å²) in [5, 5.41) is 9.90. The molecule has 4 aliphatic carbocycles. The van der Waals surface area contributed by atoms with Crippen LogP contribution < -0.4 is 0 Å². The maximum absolute atomic E-state index is 13.1. The second-order valence-corrected chi connectivity index (χ2v) is 12.4. The highest BCUT2D eigenvalue weighted by Crippen LogP contribution is 2.68. The van der Waals surface area contributed by atoms with Crippen molar-refractivity contribution in [2.75, 3.05) is 0 Å². The van der Waals surface area contributed by atoms with Crippen molar-refractivity contribution >= 4 is 5.78 Å². The van der Waals surface area contributed by atoms with Gasteiger partial charge in [0.15, 0.2) is 5.60 Å². The molecule has 178 valence electrons. The van der Waals surface area contributed by atoms with Gasteiger partial charge in [-0.1, -0.05) is 20.8 Å². The van der Waals surface area contributed by atoms with Gasteiger partial charge in [-0.05, 0) is 111 Å². The van der Waals surface area contributed by atoms with Crippen LogP contribution in [-0.2, 0) is 4.79 Å². The second kappa shape index (κ2) is 7.74. The van der Waals surface area contributed by atoms with Gasteiger partial charge in [0.1, 0.15) is 5.78 Å². The molecule has 0 aliphatic heterocycles. The average molecular weight is 443 g/mol. The smallest absolute Gasteiger partial charge is 0.381 e. The lowest BCUT2D eigenvalue weighted by Crippen LogP contribution is -2.53. The van der Waals surface area contributed by atoms with Crippen molar-refractivity contribution in [3.63, 3.8) is 0 Å². The van der Waals surface area contributed by atoms with Crippen LogP contribution in [0.15, 0.2) is 0 Å². The predicted octanol–water partition coefficient (Wildman–Crippen LogP) is 6.94. The molecular formula is C26H41F3O2. The Balaban J connectivity index is 1.46. The number of Topliss-reactive ketones (excluding diaryl/α,β-unsaturated/α-hetero) is 1. The minimum absolute atomic E-state index is 0.194. The molecule has 4 rings (SSSR count). The number of rotatable bonds is 4. The Kier molecular flexibility index (Phi) is 5.88. The number of halogens is 3. The fourth-order valence-electron chi connectivity index (χ4n) is 8.87. The zero-order chi connectivity index (χ0) is 22.8. The van der Waals surface area contributed by atoms with Gasteiger partial charge in [0, 0.05) is 12.8 Å². The van der Waals surface area contributed by atoms with Gasteiger partial charge in [-0.3, -0.25) is 4.79 Å². The number of fused-ring (bicyclic) bond motifs is 5. The first-order valence-corrected chi connectivity index (χ1v) is 12.6. The normalized spacial score (nSPS) is 45.9. The van der Waals surface area contributed by atoms with Crippen molar-refractivity contribution in [3.05, 3.63) is 0 Å². The molecule has 0 aromatic heterocycles. The van der Waals surface area contributed by atoms with Gasteiger partial charge in [-0.25, -0.2) is 0 Å². The zero-order valence-corrected chi connectivity index (χ0v) is 19.7. The zero-order valence-electron chi connectivity index (χ0n) is 19.7. The predicted molar refractivity (Wildman–Crippen MR) is 115 cm³/mol. The maximum atomic E-state index is 13.1. The second-order valence-electron chi connectivity index (χ2n) is 12.4. The fraction of sp³-hybridized carbons (Fsp3) is 0.962. The molecule has 4 aliphatic rings. The van der Waals surface area contributed by atoms with Gasteiger partial charge in [0.2, 0.25) is 0 Å². The van der Waals surface area contributed by atoms with Crippen LogP contribution >= 0.6 is 0 Å². The van der Waals surface area contributed by atoms with Crippen LogP contribution in [0.2, 0.25) is 0 Å². The third kappa shape index (κ3) is 3.79. The molecule has 0 saturated heterocycles. The van der Waals surface area contributed by atoms with E-state index in [9.17, 15) is 23.1 Å². The van der Waals surface area contributed by atoms with Crippen molar-refractivity contribution in [2.24, 2.45) is 46.3 Å². The molecule has 9 atom stereocenters. The van der Waals surface area contributed by atoms with Gasteiger partial charge < -0.3 is 5.11 Å². The molecule has 0 aromatic rings. The van der Waals surface area contributed by atoms with E-state index in [1.54, 1.807) is 0 Å². The monoisotopic (exact) mass is 442 g/mol. The largest absolute Gasteiger partial charge is 0.416 e. The van der Waals surface area contributed by atoms with Crippen molar-refractivity contribution in [1.29, 1.82) is 0 Å². The molecule has 2 nitrogen and oxygen atoms in total. The minimum atomic E-state index is -4.57. The van der Waals surface area contributed by atoms with Gasteiger partial charge in [0.05, 0.1) is 0 Å². The minimum Gasteiger partial charge on any atom is -0.381 e. The van der Waals surface area contributed by atoms with Crippen LogP contribution in [0, 0.1) is 46.3 Å². The van der Waals surface area contributed by atoms with E-state index in [2.05, 4.69) is 20.8 Å². The van der Waals surface area contributed by atoms with Crippen molar-refractivity contribution in [3.8, 4) is 0 Å². The average Bonchev–Trinajstić information content (AvgIpc) is 3.03. The third-order valence-corrected chi connectivity index (χ3v) is 10.9. The Hall–Kier alpha value is -0.580. The van der Waals surface area contributed by atoms with E-state index in [0.717, 1.165) is 32.6 Å². The Morgan fingerprint density at radius 2 is 1.71 bits per heavy atom. The van der Waals surface area contributed by atoms with E-state index in [0.29, 0.717) is 47.2 Å². The summed E-state index contributed by atoms with van der Waals surface area (Å²) in [5.74, 6) is 3.73. The van der Waals surface area contributed by atoms with E-state index >= 15 is 0 Å². The van der Waals surface area contributed by atoms with Crippen LogP contribution in [0.25, 0.3) is 0 Å². The van der Waals surface area contributed by atoms with Crippen molar-refractivity contribution < 1.29 is 23.1 Å². The quantitative estimate of drug-likeness (QED) is 0.512. The Morgan fingerprint density at radius 1 is 1.03 bits per heavy atom. The van der Waals surface area contributed by atoms with Crippen molar-refractivity contribution in [1.82, 2.24) is 0 Å². The van der Waals surface area contributed by atoms with Crippen molar-refractivity contribution in [2.45, 2.75) is 110 Å². The summed E-state index contributed by atoms with van der Waals surface area (Å²) in [5.41, 5.74) is -2.09. The van der Waals surface area contributed by atoms with Gasteiger partial charge in [-0.15, -0.1) is 0 Å². The van der Waals surface area contributed by atoms with Crippen LogP contribution in [-0.4, -0.2) is 22.7 Å². The first-order chi connectivity index (χ1) is 14.3. The third-order valence-electron chi connectivity index (χ3n) is 10.9. The Labute approximate surface area is 185 Å². The maximum Gasteiger partial charge on any atom is 0.416 e. The molecule has 5 heteroatoms.